The molecule has 1 aliphatic rings. The van der Waals surface area contributed by atoms with Gasteiger partial charge in [-0.3, -0.25) is 17.3 Å². The number of aliphatic hydroxyl groups is 1. The van der Waals surface area contributed by atoms with Crippen LogP contribution in [0.5, 0.6) is 0 Å². The van der Waals surface area contributed by atoms with E-state index in [4.69, 9.17) is 13.1 Å². The summed E-state index contributed by atoms with van der Waals surface area (Å²) in [4.78, 5) is 12.6. The van der Waals surface area contributed by atoms with E-state index in [0.29, 0.717) is 18.8 Å². The molecule has 13 nitrogen and oxygen atoms in total. The average molecular weight is 518 g/mol. The standard InChI is InChI=1S/C16H23NO12S3/c1-30(20,21)26-9-11-13(28-31(2,22)23)14(29-32(3,24)25)12(16(19)27-11)17-15(18)10-7-5-4-6-8-10/h4-8,11-14,16,19H,9H2,1-3H3,(H,17,18)/t11-,12-,13+,14+,16-/m0/s1. The Morgan fingerprint density at radius 2 is 1.47 bits per heavy atom. The number of carbonyl (C=O) groups excluding carboxylic acids is 1. The van der Waals surface area contributed by atoms with Crippen LogP contribution in [0.15, 0.2) is 30.3 Å². The molecule has 0 unspecified atom stereocenters. The van der Waals surface area contributed by atoms with Crippen LogP contribution >= 0.6 is 0 Å². The molecule has 1 amide bonds. The highest BCUT2D eigenvalue weighted by molar-refractivity contribution is 7.86. The molecule has 182 valence electrons. The number of benzene rings is 1. The third-order valence-corrected chi connectivity index (χ3v) is 5.73. The van der Waals surface area contributed by atoms with Crippen LogP contribution in [-0.2, 0) is 47.6 Å². The molecule has 0 radical (unpaired) electrons. The van der Waals surface area contributed by atoms with Crippen LogP contribution in [0.4, 0.5) is 0 Å². The molecule has 2 rings (SSSR count). The lowest BCUT2D eigenvalue weighted by molar-refractivity contribution is -0.239. The van der Waals surface area contributed by atoms with E-state index in [9.17, 15) is 35.2 Å². The Balaban J connectivity index is 2.44. The van der Waals surface area contributed by atoms with Gasteiger partial charge in [0.2, 0.25) is 0 Å². The Morgan fingerprint density at radius 3 is 1.97 bits per heavy atom. The number of nitrogens with one attached hydrogen (secondary N) is 1. The molecule has 2 N–H and O–H groups in total. The monoisotopic (exact) mass is 517 g/mol. The lowest BCUT2D eigenvalue weighted by atomic mass is 9.96. The third-order valence-electron chi connectivity index (χ3n) is 4.02. The summed E-state index contributed by atoms with van der Waals surface area (Å²) in [5.74, 6) is -0.760. The summed E-state index contributed by atoms with van der Waals surface area (Å²) in [6.45, 7) is -0.834. The van der Waals surface area contributed by atoms with E-state index in [1.807, 2.05) is 0 Å². The minimum atomic E-state index is -4.29. The van der Waals surface area contributed by atoms with E-state index in [-0.39, 0.29) is 5.56 Å². The van der Waals surface area contributed by atoms with E-state index in [1.54, 1.807) is 18.2 Å². The second-order valence-corrected chi connectivity index (χ2v) is 11.8. The summed E-state index contributed by atoms with van der Waals surface area (Å²) in [6.07, 6.45) is -5.17. The molecule has 0 spiro atoms. The summed E-state index contributed by atoms with van der Waals surface area (Å²) in [7, 11) is -12.6. The molecule has 0 bridgehead atoms. The molecule has 0 aliphatic carbocycles. The number of hydrogen-bond acceptors (Lipinski definition) is 12. The van der Waals surface area contributed by atoms with Crippen molar-refractivity contribution in [3.63, 3.8) is 0 Å². The van der Waals surface area contributed by atoms with E-state index >= 15 is 0 Å². The highest BCUT2D eigenvalue weighted by Gasteiger charge is 2.51. The molecule has 1 fully saturated rings. The third kappa shape index (κ3) is 8.36. The maximum atomic E-state index is 12.6. The van der Waals surface area contributed by atoms with Gasteiger partial charge in [0.1, 0.15) is 24.4 Å². The highest BCUT2D eigenvalue weighted by atomic mass is 32.2. The first kappa shape index (κ1) is 26.6. The van der Waals surface area contributed by atoms with Crippen molar-refractivity contribution in [2.45, 2.75) is 30.6 Å². The zero-order valence-electron chi connectivity index (χ0n) is 17.1. The number of amides is 1. The second-order valence-electron chi connectivity index (χ2n) is 6.95. The van der Waals surface area contributed by atoms with Gasteiger partial charge in [-0.05, 0) is 12.1 Å². The van der Waals surface area contributed by atoms with Gasteiger partial charge in [0.05, 0.1) is 25.4 Å². The smallest absolute Gasteiger partial charge is 0.264 e. The maximum absolute atomic E-state index is 12.6. The fourth-order valence-electron chi connectivity index (χ4n) is 2.86. The molecule has 1 aromatic rings. The van der Waals surface area contributed by atoms with Crippen molar-refractivity contribution < 1.29 is 52.4 Å². The van der Waals surface area contributed by atoms with E-state index in [2.05, 4.69) is 9.50 Å². The first-order valence-corrected chi connectivity index (χ1v) is 14.3. The summed E-state index contributed by atoms with van der Waals surface area (Å²) in [5.41, 5.74) is 0.140. The lowest BCUT2D eigenvalue weighted by Crippen LogP contribution is -2.66. The Kier molecular flexibility index (Phi) is 8.38. The summed E-state index contributed by atoms with van der Waals surface area (Å²) < 4.78 is 89.6. The van der Waals surface area contributed by atoms with Crippen LogP contribution in [-0.4, -0.2) is 92.3 Å². The van der Waals surface area contributed by atoms with Crippen LogP contribution in [0, 0.1) is 0 Å². The Hall–Kier alpha value is -1.66. The van der Waals surface area contributed by atoms with Crippen LogP contribution < -0.4 is 5.32 Å². The van der Waals surface area contributed by atoms with E-state index in [0.717, 1.165) is 0 Å². The Labute approximate surface area is 186 Å². The first-order valence-electron chi connectivity index (χ1n) is 8.86. The van der Waals surface area contributed by atoms with Gasteiger partial charge in [-0.2, -0.15) is 25.3 Å². The molecule has 1 saturated heterocycles. The van der Waals surface area contributed by atoms with Gasteiger partial charge in [0.15, 0.2) is 6.29 Å². The molecular weight excluding hydrogens is 494 g/mol. The van der Waals surface area contributed by atoms with Crippen LogP contribution in [0.3, 0.4) is 0 Å². The Morgan fingerprint density at radius 1 is 0.938 bits per heavy atom. The fraction of sp³-hybridized carbons (Fsp3) is 0.562. The van der Waals surface area contributed by atoms with Crippen molar-refractivity contribution in [2.24, 2.45) is 0 Å². The molecule has 1 aliphatic heterocycles. The van der Waals surface area contributed by atoms with Gasteiger partial charge < -0.3 is 15.2 Å². The van der Waals surface area contributed by atoms with Crippen molar-refractivity contribution in [2.75, 3.05) is 25.4 Å². The molecule has 0 saturated carbocycles. The molecule has 1 heterocycles. The lowest BCUT2D eigenvalue weighted by Gasteiger charge is -2.43. The van der Waals surface area contributed by atoms with E-state index < -0.39 is 73.5 Å². The summed E-state index contributed by atoms with van der Waals surface area (Å²) in [5, 5.41) is 12.8. The average Bonchev–Trinajstić information content (AvgIpc) is 2.63. The van der Waals surface area contributed by atoms with Crippen LogP contribution in [0.25, 0.3) is 0 Å². The minimum absolute atomic E-state index is 0.140. The fourth-order valence-corrected chi connectivity index (χ4v) is 4.51. The largest absolute Gasteiger partial charge is 0.366 e. The summed E-state index contributed by atoms with van der Waals surface area (Å²) in [6, 6.07) is 6.00. The molecule has 0 aromatic heterocycles. The van der Waals surface area contributed by atoms with Gasteiger partial charge in [-0.1, -0.05) is 18.2 Å². The zero-order valence-corrected chi connectivity index (χ0v) is 19.6. The van der Waals surface area contributed by atoms with Crippen molar-refractivity contribution in [3.8, 4) is 0 Å². The van der Waals surface area contributed by atoms with E-state index in [1.165, 1.54) is 12.1 Å². The quantitative estimate of drug-likeness (QED) is 0.349. The maximum Gasteiger partial charge on any atom is 0.264 e. The Bertz CT molecular complexity index is 1120. The predicted octanol–water partition coefficient (Wildman–Crippen LogP) is -1.83. The SMILES string of the molecule is CS(=O)(=O)OC[C@@H]1O[C@H](O)[C@@H](NC(=O)c2ccccc2)[C@@H](OS(C)(=O)=O)[C@@H]1OS(C)(=O)=O. The van der Waals surface area contributed by atoms with Crippen molar-refractivity contribution in [1.29, 1.82) is 0 Å². The highest BCUT2D eigenvalue weighted by Crippen LogP contribution is 2.28. The van der Waals surface area contributed by atoms with Crippen molar-refractivity contribution >= 4 is 36.3 Å². The van der Waals surface area contributed by atoms with Crippen molar-refractivity contribution in [3.05, 3.63) is 35.9 Å². The predicted molar refractivity (Wildman–Crippen MR) is 109 cm³/mol. The molecular formula is C16H23NO12S3. The molecule has 16 heteroatoms. The van der Waals surface area contributed by atoms with Crippen LogP contribution in [0.2, 0.25) is 0 Å². The first-order chi connectivity index (χ1) is 14.6. The van der Waals surface area contributed by atoms with Crippen LogP contribution in [0.1, 0.15) is 10.4 Å². The number of aliphatic hydroxyl groups excluding tert-OH is 1. The normalized spacial score (nSPS) is 27.1. The minimum Gasteiger partial charge on any atom is -0.366 e. The molecule has 32 heavy (non-hydrogen) atoms. The molecule has 1 aromatic carbocycles. The van der Waals surface area contributed by atoms with Crippen molar-refractivity contribution in [1.82, 2.24) is 5.32 Å². The number of rotatable bonds is 9. The number of carbonyl (C=O) groups is 1. The number of ether oxygens (including phenoxy) is 1. The number of hydrogen-bond donors (Lipinski definition) is 2. The summed E-state index contributed by atoms with van der Waals surface area (Å²) >= 11 is 0. The second kappa shape index (κ2) is 10.1. The van der Waals surface area contributed by atoms with Gasteiger partial charge in [0, 0.05) is 5.56 Å². The van der Waals surface area contributed by atoms with Gasteiger partial charge in [0.25, 0.3) is 36.3 Å². The topological polar surface area (TPSA) is 189 Å². The van der Waals surface area contributed by atoms with Gasteiger partial charge in [-0.25, -0.2) is 0 Å². The molecule has 5 atom stereocenters. The zero-order chi connectivity index (χ0) is 24.3. The van der Waals surface area contributed by atoms with Gasteiger partial charge >= 0.3 is 0 Å². The van der Waals surface area contributed by atoms with Gasteiger partial charge in [-0.15, -0.1) is 0 Å².